The maximum atomic E-state index is 12.8. The minimum absolute atomic E-state index is 0.112. The molecule has 1 aliphatic heterocycles. The molecule has 0 fully saturated rings. The van der Waals surface area contributed by atoms with Crippen molar-refractivity contribution in [3.05, 3.63) is 72.1 Å². The van der Waals surface area contributed by atoms with Crippen LogP contribution in [0.25, 0.3) is 5.69 Å². The molecule has 1 atom stereocenters. The molecular formula is C20H19N3O3. The van der Waals surface area contributed by atoms with Gasteiger partial charge in [0.1, 0.15) is 5.75 Å². The molecule has 1 aromatic heterocycles. The third kappa shape index (κ3) is 3.01. The molecule has 26 heavy (non-hydrogen) atoms. The highest BCUT2D eigenvalue weighted by Gasteiger charge is 2.26. The first-order valence-corrected chi connectivity index (χ1v) is 8.48. The molecule has 132 valence electrons. The van der Waals surface area contributed by atoms with E-state index >= 15 is 0 Å². The average Bonchev–Trinajstić information content (AvgIpc) is 3.14. The van der Waals surface area contributed by atoms with Crippen molar-refractivity contribution in [2.45, 2.75) is 12.5 Å². The average molecular weight is 349 g/mol. The second-order valence-corrected chi connectivity index (χ2v) is 6.03. The molecule has 0 aliphatic carbocycles. The Bertz CT molecular complexity index is 921. The van der Waals surface area contributed by atoms with Gasteiger partial charge in [0, 0.05) is 12.0 Å². The Morgan fingerprint density at radius 3 is 2.77 bits per heavy atom. The van der Waals surface area contributed by atoms with E-state index in [0.717, 1.165) is 17.0 Å². The summed E-state index contributed by atoms with van der Waals surface area (Å²) < 4.78 is 12.7. The van der Waals surface area contributed by atoms with Crippen LogP contribution in [0.15, 0.2) is 60.8 Å². The van der Waals surface area contributed by atoms with E-state index in [1.807, 2.05) is 54.6 Å². The maximum absolute atomic E-state index is 12.8. The number of methoxy groups -OCH3 is 1. The second-order valence-electron chi connectivity index (χ2n) is 6.03. The summed E-state index contributed by atoms with van der Waals surface area (Å²) in [5.74, 6) is 0.982. The molecule has 6 nitrogen and oxygen atoms in total. The number of carbonyl (C=O) groups excluding carboxylic acids is 1. The fourth-order valence-electron chi connectivity index (χ4n) is 3.10. The number of ether oxygens (including phenoxy) is 2. The van der Waals surface area contributed by atoms with E-state index < -0.39 is 0 Å². The summed E-state index contributed by atoms with van der Waals surface area (Å²) in [4.78, 5) is 12.8. The molecule has 0 radical (unpaired) electrons. The lowest BCUT2D eigenvalue weighted by Gasteiger charge is -2.26. The first kappa shape index (κ1) is 16.2. The van der Waals surface area contributed by atoms with Gasteiger partial charge in [-0.2, -0.15) is 5.10 Å². The van der Waals surface area contributed by atoms with Gasteiger partial charge in [-0.05, 0) is 18.2 Å². The van der Waals surface area contributed by atoms with E-state index in [1.54, 1.807) is 10.9 Å². The summed E-state index contributed by atoms with van der Waals surface area (Å²) in [5.41, 5.74) is 2.11. The highest BCUT2D eigenvalue weighted by atomic mass is 16.5. The summed E-state index contributed by atoms with van der Waals surface area (Å²) in [6.45, 7) is 0.567. The molecule has 4 rings (SSSR count). The van der Waals surface area contributed by atoms with E-state index in [2.05, 4.69) is 10.4 Å². The number of carbonyl (C=O) groups is 1. The maximum Gasteiger partial charge on any atom is 0.276 e. The van der Waals surface area contributed by atoms with Crippen LogP contribution in [0.5, 0.6) is 11.5 Å². The molecule has 1 N–H and O–H groups in total. The molecule has 3 aromatic rings. The number of para-hydroxylation sites is 2. The molecule has 0 unspecified atom stereocenters. The van der Waals surface area contributed by atoms with E-state index in [9.17, 15) is 4.79 Å². The minimum atomic E-state index is -0.266. The smallest absolute Gasteiger partial charge is 0.276 e. The Labute approximate surface area is 151 Å². The molecule has 0 spiro atoms. The fraction of sp³-hybridized carbons (Fsp3) is 0.200. The van der Waals surface area contributed by atoms with E-state index in [4.69, 9.17) is 9.47 Å². The van der Waals surface area contributed by atoms with E-state index in [1.165, 1.54) is 7.11 Å². The van der Waals surface area contributed by atoms with Crippen molar-refractivity contribution in [1.82, 2.24) is 15.1 Å². The zero-order valence-electron chi connectivity index (χ0n) is 14.4. The quantitative estimate of drug-likeness (QED) is 0.786. The van der Waals surface area contributed by atoms with Crippen LogP contribution in [0.3, 0.4) is 0 Å². The third-order valence-electron chi connectivity index (χ3n) is 4.40. The van der Waals surface area contributed by atoms with Gasteiger partial charge in [-0.25, -0.2) is 4.68 Å². The monoisotopic (exact) mass is 349 g/mol. The number of rotatable bonds is 4. The fourth-order valence-corrected chi connectivity index (χ4v) is 3.10. The molecule has 0 saturated carbocycles. The highest BCUT2D eigenvalue weighted by molar-refractivity contribution is 5.95. The number of benzene rings is 2. The SMILES string of the molecule is COc1cn(-c2ccccc2)nc1C(=O)N[C@H]1CCOc2ccccc21. The lowest BCUT2D eigenvalue weighted by atomic mass is 10.0. The zero-order valence-corrected chi connectivity index (χ0v) is 14.4. The lowest BCUT2D eigenvalue weighted by molar-refractivity contribution is 0.0916. The summed E-state index contributed by atoms with van der Waals surface area (Å²) in [6, 6.07) is 17.2. The normalized spacial score (nSPS) is 15.7. The summed E-state index contributed by atoms with van der Waals surface area (Å²) in [5, 5.41) is 7.48. The van der Waals surface area contributed by atoms with Gasteiger partial charge in [-0.1, -0.05) is 36.4 Å². The van der Waals surface area contributed by atoms with Crippen LogP contribution in [0.1, 0.15) is 28.5 Å². The number of hydrogen-bond donors (Lipinski definition) is 1. The number of aromatic nitrogens is 2. The number of hydrogen-bond acceptors (Lipinski definition) is 4. The van der Waals surface area contributed by atoms with Crippen LogP contribution in [-0.4, -0.2) is 29.4 Å². The van der Waals surface area contributed by atoms with Crippen LogP contribution in [0, 0.1) is 0 Å². The second kappa shape index (κ2) is 6.92. The number of amides is 1. The van der Waals surface area contributed by atoms with Crippen LogP contribution in [-0.2, 0) is 0 Å². The minimum Gasteiger partial charge on any atom is -0.493 e. The van der Waals surface area contributed by atoms with Gasteiger partial charge >= 0.3 is 0 Å². The van der Waals surface area contributed by atoms with Crippen LogP contribution >= 0.6 is 0 Å². The standard InChI is InChI=1S/C20H19N3O3/c1-25-18-13-23(14-7-3-2-4-8-14)22-19(18)20(24)21-16-11-12-26-17-10-6-5-9-15(16)17/h2-10,13,16H,11-12H2,1H3,(H,21,24)/t16-/m0/s1. The van der Waals surface area contributed by atoms with Crippen molar-refractivity contribution >= 4 is 5.91 Å². The van der Waals surface area contributed by atoms with E-state index in [-0.39, 0.29) is 17.6 Å². The van der Waals surface area contributed by atoms with Crippen LogP contribution in [0.2, 0.25) is 0 Å². The Balaban J connectivity index is 1.60. The van der Waals surface area contributed by atoms with Gasteiger partial charge in [0.05, 0.1) is 31.6 Å². The topological polar surface area (TPSA) is 65.4 Å². The molecule has 2 aromatic carbocycles. The summed E-state index contributed by atoms with van der Waals surface area (Å²) in [7, 11) is 1.53. The largest absolute Gasteiger partial charge is 0.493 e. The molecule has 0 bridgehead atoms. The Hall–Kier alpha value is -3.28. The molecule has 6 heteroatoms. The van der Waals surface area contributed by atoms with Crippen molar-refractivity contribution < 1.29 is 14.3 Å². The molecule has 1 amide bonds. The highest BCUT2D eigenvalue weighted by Crippen LogP contribution is 2.32. The number of fused-ring (bicyclic) bond motifs is 1. The summed E-state index contributed by atoms with van der Waals surface area (Å²) >= 11 is 0. The van der Waals surface area contributed by atoms with Crippen molar-refractivity contribution in [3.63, 3.8) is 0 Å². The Morgan fingerprint density at radius 1 is 1.19 bits per heavy atom. The van der Waals surface area contributed by atoms with Gasteiger partial charge in [0.2, 0.25) is 0 Å². The Kier molecular flexibility index (Phi) is 4.31. The predicted molar refractivity (Wildman–Crippen MR) is 96.9 cm³/mol. The van der Waals surface area contributed by atoms with Gasteiger partial charge < -0.3 is 14.8 Å². The van der Waals surface area contributed by atoms with Crippen molar-refractivity contribution in [2.24, 2.45) is 0 Å². The van der Waals surface area contributed by atoms with Crippen molar-refractivity contribution in [1.29, 1.82) is 0 Å². The lowest BCUT2D eigenvalue weighted by Crippen LogP contribution is -2.32. The van der Waals surface area contributed by atoms with Crippen LogP contribution in [0.4, 0.5) is 0 Å². The van der Waals surface area contributed by atoms with Gasteiger partial charge in [-0.15, -0.1) is 0 Å². The predicted octanol–water partition coefficient (Wildman–Crippen LogP) is 3.13. The van der Waals surface area contributed by atoms with Crippen LogP contribution < -0.4 is 14.8 Å². The molecule has 2 heterocycles. The summed E-state index contributed by atoms with van der Waals surface area (Å²) in [6.07, 6.45) is 2.42. The Morgan fingerprint density at radius 2 is 1.96 bits per heavy atom. The first-order chi connectivity index (χ1) is 12.8. The first-order valence-electron chi connectivity index (χ1n) is 8.48. The van der Waals surface area contributed by atoms with Gasteiger partial charge in [0.25, 0.3) is 5.91 Å². The zero-order chi connectivity index (χ0) is 17.9. The molecule has 0 saturated heterocycles. The van der Waals surface area contributed by atoms with Crippen molar-refractivity contribution in [2.75, 3.05) is 13.7 Å². The van der Waals surface area contributed by atoms with E-state index in [0.29, 0.717) is 18.8 Å². The molecule has 1 aliphatic rings. The van der Waals surface area contributed by atoms with Gasteiger partial charge in [0.15, 0.2) is 11.4 Å². The number of nitrogens with one attached hydrogen (secondary N) is 1. The third-order valence-corrected chi connectivity index (χ3v) is 4.40. The van der Waals surface area contributed by atoms with Gasteiger partial charge in [-0.3, -0.25) is 4.79 Å². The number of nitrogens with zero attached hydrogens (tertiary/aromatic N) is 2. The van der Waals surface area contributed by atoms with Crippen molar-refractivity contribution in [3.8, 4) is 17.2 Å². The molecular weight excluding hydrogens is 330 g/mol.